The second kappa shape index (κ2) is 9.96. The molecule has 2 nitrogen and oxygen atoms in total. The lowest BCUT2D eigenvalue weighted by molar-refractivity contribution is -0.275. The molecule has 4 aromatic carbocycles. The van der Waals surface area contributed by atoms with Crippen molar-refractivity contribution in [2.75, 3.05) is 0 Å². The lowest BCUT2D eigenvalue weighted by Gasteiger charge is -2.20. The number of halogens is 9. The Bertz CT molecular complexity index is 1480. The molecule has 0 unspecified atom stereocenters. The summed E-state index contributed by atoms with van der Waals surface area (Å²) in [5.41, 5.74) is -0.560. The highest BCUT2D eigenvalue weighted by Gasteiger charge is 2.40. The average Bonchev–Trinajstić information content (AvgIpc) is 2.82. The van der Waals surface area contributed by atoms with E-state index < -0.39 is 63.9 Å². The van der Waals surface area contributed by atoms with Gasteiger partial charge >= 0.3 is 12.5 Å². The Morgan fingerprint density at radius 3 is 1.82 bits per heavy atom. The van der Waals surface area contributed by atoms with Crippen molar-refractivity contribution in [3.05, 3.63) is 107 Å². The summed E-state index contributed by atoms with van der Waals surface area (Å²) >= 11 is 0. The fourth-order valence-electron chi connectivity index (χ4n) is 3.60. The number of aryl methyl sites for hydroxylation is 1. The molecule has 38 heavy (non-hydrogen) atoms. The maximum Gasteiger partial charge on any atom is 0.573 e. The minimum atomic E-state index is -5.24. The third-order valence-corrected chi connectivity index (χ3v) is 5.42. The van der Waals surface area contributed by atoms with E-state index in [1.165, 1.54) is 12.1 Å². The molecular weight excluding hydrogens is 527 g/mol. The van der Waals surface area contributed by atoms with Gasteiger partial charge < -0.3 is 9.47 Å². The van der Waals surface area contributed by atoms with Crippen molar-refractivity contribution in [2.45, 2.75) is 19.4 Å². The molecule has 0 heterocycles. The molecule has 0 aliphatic carbocycles. The van der Waals surface area contributed by atoms with Gasteiger partial charge in [0.15, 0.2) is 23.2 Å². The quantitative estimate of drug-likeness (QED) is 0.227. The summed E-state index contributed by atoms with van der Waals surface area (Å²) in [5, 5.41) is 0. The molecule has 0 amide bonds. The molecule has 0 fully saturated rings. The van der Waals surface area contributed by atoms with E-state index in [0.29, 0.717) is 29.3 Å². The first-order valence-electron chi connectivity index (χ1n) is 10.7. The highest BCUT2D eigenvalue weighted by molar-refractivity contribution is 5.72. The first-order valence-corrected chi connectivity index (χ1v) is 10.7. The van der Waals surface area contributed by atoms with E-state index in [1.54, 1.807) is 24.3 Å². The molecule has 0 radical (unpaired) electrons. The molecule has 0 N–H and O–H groups in total. The van der Waals surface area contributed by atoms with Crippen LogP contribution < -0.4 is 9.47 Å². The van der Waals surface area contributed by atoms with E-state index in [1.807, 2.05) is 6.92 Å². The zero-order valence-electron chi connectivity index (χ0n) is 19.1. The summed E-state index contributed by atoms with van der Waals surface area (Å²) in [6, 6.07) is 13.0. The molecule has 11 heteroatoms. The van der Waals surface area contributed by atoms with Crippen LogP contribution in [-0.2, 0) is 6.11 Å². The van der Waals surface area contributed by atoms with Crippen LogP contribution >= 0.6 is 0 Å². The van der Waals surface area contributed by atoms with Crippen molar-refractivity contribution in [1.82, 2.24) is 0 Å². The van der Waals surface area contributed by atoms with Gasteiger partial charge in [0.05, 0.1) is 0 Å². The van der Waals surface area contributed by atoms with Gasteiger partial charge in [0.1, 0.15) is 17.1 Å². The number of alkyl halides is 5. The van der Waals surface area contributed by atoms with Crippen LogP contribution in [0.4, 0.5) is 39.5 Å². The van der Waals surface area contributed by atoms with Crippen LogP contribution in [0, 0.1) is 30.2 Å². The fourth-order valence-corrected chi connectivity index (χ4v) is 3.60. The second-order valence-corrected chi connectivity index (χ2v) is 8.11. The molecular formula is C27H15F9O2. The highest BCUT2D eigenvalue weighted by Crippen LogP contribution is 2.39. The Kier molecular flexibility index (Phi) is 7.05. The largest absolute Gasteiger partial charge is 0.573 e. The summed E-state index contributed by atoms with van der Waals surface area (Å²) in [7, 11) is 0. The smallest absolute Gasteiger partial charge is 0.429 e. The van der Waals surface area contributed by atoms with Crippen molar-refractivity contribution in [3.63, 3.8) is 0 Å². The number of rotatable bonds is 6. The van der Waals surface area contributed by atoms with Gasteiger partial charge in [-0.3, -0.25) is 0 Å². The first-order chi connectivity index (χ1) is 17.7. The van der Waals surface area contributed by atoms with E-state index in [4.69, 9.17) is 0 Å². The van der Waals surface area contributed by atoms with Crippen molar-refractivity contribution in [2.24, 2.45) is 0 Å². The van der Waals surface area contributed by atoms with Crippen LogP contribution in [-0.4, -0.2) is 6.36 Å². The third-order valence-electron chi connectivity index (χ3n) is 5.42. The van der Waals surface area contributed by atoms with Crippen LogP contribution in [0.3, 0.4) is 0 Å². The normalized spacial score (nSPS) is 11.9. The van der Waals surface area contributed by atoms with Gasteiger partial charge in [0.2, 0.25) is 0 Å². The Balaban J connectivity index is 1.61. The highest BCUT2D eigenvalue weighted by atomic mass is 19.4. The predicted molar refractivity (Wildman–Crippen MR) is 120 cm³/mol. The Morgan fingerprint density at radius 1 is 0.579 bits per heavy atom. The van der Waals surface area contributed by atoms with E-state index in [9.17, 15) is 39.5 Å². The Morgan fingerprint density at radius 2 is 1.21 bits per heavy atom. The molecule has 0 spiro atoms. The van der Waals surface area contributed by atoms with Gasteiger partial charge in [0, 0.05) is 17.2 Å². The monoisotopic (exact) mass is 542 g/mol. The van der Waals surface area contributed by atoms with Gasteiger partial charge in [-0.25, -0.2) is 17.6 Å². The summed E-state index contributed by atoms with van der Waals surface area (Å²) in [5.74, 6) is -8.80. The molecule has 0 aliphatic rings. The van der Waals surface area contributed by atoms with Crippen LogP contribution in [0.1, 0.15) is 11.1 Å². The lowest BCUT2D eigenvalue weighted by Crippen LogP contribution is -2.24. The van der Waals surface area contributed by atoms with Gasteiger partial charge in [-0.15, -0.1) is 13.2 Å². The summed E-state index contributed by atoms with van der Waals surface area (Å²) in [6.07, 6.45) is -9.83. The molecule has 0 aromatic heterocycles. The second-order valence-electron chi connectivity index (χ2n) is 8.11. The van der Waals surface area contributed by atoms with E-state index in [0.717, 1.165) is 17.7 Å². The van der Waals surface area contributed by atoms with Gasteiger partial charge in [0.25, 0.3) is 0 Å². The van der Waals surface area contributed by atoms with Crippen molar-refractivity contribution in [1.29, 1.82) is 0 Å². The van der Waals surface area contributed by atoms with Crippen LogP contribution in [0.15, 0.2) is 72.8 Å². The first kappa shape index (κ1) is 26.9. The van der Waals surface area contributed by atoms with E-state index >= 15 is 0 Å². The standard InChI is InChI=1S/C27H15F9O2/c1-14-2-4-15(5-3-14)16-6-8-18(21(28)12-16)19-9-10-20(25(31)24(19)30)26(32,33)37-17-7-11-23(22(29)13-17)38-27(34,35)36/h2-13H,1H3. The number of ether oxygens (including phenoxy) is 2. The van der Waals surface area contributed by atoms with Gasteiger partial charge in [-0.2, -0.15) is 8.78 Å². The van der Waals surface area contributed by atoms with Gasteiger partial charge in [-0.05, 0) is 42.3 Å². The van der Waals surface area contributed by atoms with Crippen LogP contribution in [0.25, 0.3) is 22.3 Å². The lowest BCUT2D eigenvalue weighted by atomic mass is 9.97. The third kappa shape index (κ3) is 5.71. The maximum absolute atomic E-state index is 14.8. The molecule has 0 bridgehead atoms. The molecule has 0 saturated carbocycles. The Hall–Kier alpha value is -4.15. The number of hydrogen-bond donors (Lipinski definition) is 0. The van der Waals surface area contributed by atoms with Crippen molar-refractivity contribution >= 4 is 0 Å². The molecule has 4 rings (SSSR count). The van der Waals surface area contributed by atoms with Crippen LogP contribution in [0.5, 0.6) is 11.5 Å². The SMILES string of the molecule is Cc1ccc(-c2ccc(-c3ccc(C(F)(F)Oc4ccc(OC(F)(F)F)c(F)c4)c(F)c3F)c(F)c2)cc1. The van der Waals surface area contributed by atoms with E-state index in [-0.39, 0.29) is 6.07 Å². The maximum atomic E-state index is 14.8. The number of benzene rings is 4. The molecule has 198 valence electrons. The minimum absolute atomic E-state index is 0.155. The summed E-state index contributed by atoms with van der Waals surface area (Å²) in [4.78, 5) is 0. The average molecular weight is 542 g/mol. The van der Waals surface area contributed by atoms with Crippen molar-refractivity contribution in [3.8, 4) is 33.8 Å². The zero-order chi connectivity index (χ0) is 27.8. The van der Waals surface area contributed by atoms with Crippen molar-refractivity contribution < 1.29 is 49.0 Å². The minimum Gasteiger partial charge on any atom is -0.429 e. The van der Waals surface area contributed by atoms with E-state index in [2.05, 4.69) is 9.47 Å². The molecule has 0 saturated heterocycles. The molecule has 0 atom stereocenters. The van der Waals surface area contributed by atoms with Gasteiger partial charge in [-0.1, -0.05) is 48.0 Å². The topological polar surface area (TPSA) is 18.5 Å². The molecule has 0 aliphatic heterocycles. The fraction of sp³-hybridized carbons (Fsp3) is 0.111. The van der Waals surface area contributed by atoms with Crippen LogP contribution in [0.2, 0.25) is 0 Å². The predicted octanol–water partition coefficient (Wildman–Crippen LogP) is 8.91. The zero-order valence-corrected chi connectivity index (χ0v) is 19.1. The molecule has 4 aromatic rings. The summed E-state index contributed by atoms with van der Waals surface area (Å²) in [6.45, 7) is 1.87. The number of hydrogen-bond acceptors (Lipinski definition) is 2. The summed E-state index contributed by atoms with van der Waals surface area (Å²) < 4.78 is 132. The Labute approximate surface area is 209 Å².